The van der Waals surface area contributed by atoms with Crippen molar-refractivity contribution < 1.29 is 4.79 Å². The Morgan fingerprint density at radius 2 is 1.88 bits per heavy atom. The largest absolute Gasteiger partial charge is 0.342 e. The Morgan fingerprint density at radius 1 is 1.06 bits per heavy atom. The van der Waals surface area contributed by atoms with Gasteiger partial charge in [-0.15, -0.1) is 5.10 Å². The van der Waals surface area contributed by atoms with Crippen LogP contribution in [0.1, 0.15) is 18.4 Å². The zero-order chi connectivity index (χ0) is 22.6. The van der Waals surface area contributed by atoms with Gasteiger partial charge in [0.05, 0.1) is 11.4 Å². The van der Waals surface area contributed by atoms with Crippen molar-refractivity contribution in [2.45, 2.75) is 24.3 Å². The summed E-state index contributed by atoms with van der Waals surface area (Å²) in [7, 11) is 0. The van der Waals surface area contributed by atoms with Crippen molar-refractivity contribution >= 4 is 40.4 Å². The highest BCUT2D eigenvalue weighted by Gasteiger charge is 2.23. The first-order valence-corrected chi connectivity index (χ1v) is 12.3. The number of carbonyl (C=O) groups excluding carboxylic acids is 1. The molecule has 0 radical (unpaired) electrons. The quantitative estimate of drug-likeness (QED) is 0.301. The molecule has 1 saturated heterocycles. The summed E-state index contributed by atoms with van der Waals surface area (Å²) in [5.41, 5.74) is 3.31. The molecule has 168 valence electrons. The molecule has 5 rings (SSSR count). The zero-order valence-electron chi connectivity index (χ0n) is 18.0. The van der Waals surface area contributed by atoms with E-state index in [2.05, 4.69) is 44.5 Å². The van der Waals surface area contributed by atoms with Crippen LogP contribution in [0.2, 0.25) is 5.02 Å². The average molecular weight is 479 g/mol. The lowest BCUT2D eigenvalue weighted by Gasteiger charge is -2.32. The number of carbonyl (C=O) groups is 1. The topological polar surface area (TPSA) is 76.8 Å². The Hall–Kier alpha value is -2.97. The van der Waals surface area contributed by atoms with Gasteiger partial charge in [-0.3, -0.25) is 4.79 Å². The Labute approximate surface area is 201 Å². The number of hydrogen-bond donors (Lipinski definition) is 0. The van der Waals surface area contributed by atoms with Crippen LogP contribution < -0.4 is 0 Å². The smallest absolute Gasteiger partial charge is 0.232 e. The Kier molecular flexibility index (Phi) is 6.55. The molecular formula is C24H23ClN6OS. The minimum absolute atomic E-state index is 0.132. The molecule has 2 aromatic carbocycles. The minimum atomic E-state index is 0.132. The summed E-state index contributed by atoms with van der Waals surface area (Å²) in [5.74, 6) is 1.08. The van der Waals surface area contributed by atoms with Crippen LogP contribution in [0.3, 0.4) is 0 Å². The number of nitrogens with zero attached hydrogens (tertiary/aromatic N) is 6. The van der Waals surface area contributed by atoms with E-state index in [0.29, 0.717) is 32.9 Å². The molecule has 0 spiro atoms. The molecule has 2 aromatic heterocycles. The number of piperidine rings is 1. The van der Waals surface area contributed by atoms with Gasteiger partial charge in [0.2, 0.25) is 5.91 Å². The molecule has 3 heterocycles. The summed E-state index contributed by atoms with van der Waals surface area (Å²) in [6, 6.07) is 17.9. The SMILES string of the molecule is O=C(CSc1ncnc2c1nnn2-c1cccc(Cl)c1)N1CCC(Cc2ccccc2)CC1. The third-order valence-electron chi connectivity index (χ3n) is 5.92. The van der Waals surface area contributed by atoms with Gasteiger partial charge in [0.15, 0.2) is 11.2 Å². The maximum absolute atomic E-state index is 12.8. The lowest BCUT2D eigenvalue weighted by Crippen LogP contribution is -2.39. The first kappa shape index (κ1) is 21.9. The Balaban J connectivity index is 1.20. The van der Waals surface area contributed by atoms with E-state index in [1.807, 2.05) is 23.1 Å². The van der Waals surface area contributed by atoms with E-state index in [1.165, 1.54) is 23.7 Å². The molecule has 0 aliphatic carbocycles. The van der Waals surface area contributed by atoms with E-state index in [9.17, 15) is 4.79 Å². The van der Waals surface area contributed by atoms with Gasteiger partial charge in [0, 0.05) is 18.1 Å². The second-order valence-electron chi connectivity index (χ2n) is 8.13. The van der Waals surface area contributed by atoms with Crippen LogP contribution >= 0.6 is 23.4 Å². The van der Waals surface area contributed by atoms with Crippen LogP contribution in [0.25, 0.3) is 16.9 Å². The van der Waals surface area contributed by atoms with Gasteiger partial charge >= 0.3 is 0 Å². The fourth-order valence-electron chi connectivity index (χ4n) is 4.17. The van der Waals surface area contributed by atoms with Gasteiger partial charge in [0.25, 0.3) is 0 Å². The van der Waals surface area contributed by atoms with Crippen LogP contribution in [-0.4, -0.2) is 54.6 Å². The molecular weight excluding hydrogens is 456 g/mol. The fourth-order valence-corrected chi connectivity index (χ4v) is 5.19. The van der Waals surface area contributed by atoms with E-state index in [1.54, 1.807) is 16.8 Å². The lowest BCUT2D eigenvalue weighted by atomic mass is 9.90. The molecule has 7 nitrogen and oxygen atoms in total. The number of hydrogen-bond acceptors (Lipinski definition) is 6. The number of rotatable bonds is 6. The molecule has 4 aromatic rings. The monoisotopic (exact) mass is 478 g/mol. The number of halogens is 1. The van der Waals surface area contributed by atoms with Crippen molar-refractivity contribution in [3.63, 3.8) is 0 Å². The predicted molar refractivity (Wildman–Crippen MR) is 130 cm³/mol. The second kappa shape index (κ2) is 9.89. The molecule has 0 saturated carbocycles. The van der Waals surface area contributed by atoms with Crippen LogP contribution in [-0.2, 0) is 11.2 Å². The van der Waals surface area contributed by atoms with Crippen LogP contribution in [0.5, 0.6) is 0 Å². The number of benzene rings is 2. The van der Waals surface area contributed by atoms with Gasteiger partial charge in [0.1, 0.15) is 11.4 Å². The highest BCUT2D eigenvalue weighted by molar-refractivity contribution is 8.00. The summed E-state index contributed by atoms with van der Waals surface area (Å²) in [4.78, 5) is 23.5. The Morgan fingerprint density at radius 3 is 2.67 bits per heavy atom. The number of amides is 1. The third kappa shape index (κ3) is 5.02. The molecule has 1 aliphatic heterocycles. The zero-order valence-corrected chi connectivity index (χ0v) is 19.5. The maximum atomic E-state index is 12.8. The highest BCUT2D eigenvalue weighted by atomic mass is 35.5. The second-order valence-corrected chi connectivity index (χ2v) is 9.54. The molecule has 0 N–H and O–H groups in total. The van der Waals surface area contributed by atoms with Crippen LogP contribution in [0.4, 0.5) is 0 Å². The van der Waals surface area contributed by atoms with Crippen LogP contribution in [0, 0.1) is 5.92 Å². The summed E-state index contributed by atoms with van der Waals surface area (Å²) in [6.07, 6.45) is 4.64. The molecule has 0 unspecified atom stereocenters. The molecule has 1 amide bonds. The summed E-state index contributed by atoms with van der Waals surface area (Å²) >= 11 is 7.49. The molecule has 9 heteroatoms. The van der Waals surface area contributed by atoms with E-state index >= 15 is 0 Å². The lowest BCUT2D eigenvalue weighted by molar-refractivity contribution is -0.129. The van der Waals surface area contributed by atoms with E-state index < -0.39 is 0 Å². The molecule has 1 aliphatic rings. The predicted octanol–water partition coefficient (Wildman–Crippen LogP) is 4.44. The third-order valence-corrected chi connectivity index (χ3v) is 7.12. The van der Waals surface area contributed by atoms with Crippen molar-refractivity contribution in [3.8, 4) is 5.69 Å². The molecule has 0 bridgehead atoms. The minimum Gasteiger partial charge on any atom is -0.342 e. The molecule has 0 atom stereocenters. The van der Waals surface area contributed by atoms with Crippen LogP contribution in [0.15, 0.2) is 66.0 Å². The van der Waals surface area contributed by atoms with Crippen molar-refractivity contribution in [1.82, 2.24) is 29.9 Å². The normalized spacial score (nSPS) is 14.6. The van der Waals surface area contributed by atoms with E-state index in [4.69, 9.17) is 11.6 Å². The van der Waals surface area contributed by atoms with Crippen molar-refractivity contribution in [1.29, 1.82) is 0 Å². The van der Waals surface area contributed by atoms with Crippen molar-refractivity contribution in [2.75, 3.05) is 18.8 Å². The number of fused-ring (bicyclic) bond motifs is 1. The summed E-state index contributed by atoms with van der Waals surface area (Å²) in [6.45, 7) is 1.61. The van der Waals surface area contributed by atoms with Gasteiger partial charge in [-0.1, -0.05) is 65.0 Å². The van der Waals surface area contributed by atoms with E-state index in [-0.39, 0.29) is 5.91 Å². The maximum Gasteiger partial charge on any atom is 0.232 e. The van der Waals surface area contributed by atoms with Gasteiger partial charge in [-0.05, 0) is 48.9 Å². The molecule has 1 fully saturated rings. The van der Waals surface area contributed by atoms with Gasteiger partial charge in [-0.25, -0.2) is 9.97 Å². The average Bonchev–Trinajstić information content (AvgIpc) is 3.28. The number of likely N-dealkylation sites (tertiary alicyclic amines) is 1. The number of thioether (sulfide) groups is 1. The molecule has 33 heavy (non-hydrogen) atoms. The first-order chi connectivity index (χ1) is 16.2. The highest BCUT2D eigenvalue weighted by Crippen LogP contribution is 2.26. The number of aromatic nitrogens is 5. The fraction of sp³-hybridized carbons (Fsp3) is 0.292. The summed E-state index contributed by atoms with van der Waals surface area (Å²) < 4.78 is 1.63. The Bertz CT molecular complexity index is 1260. The van der Waals surface area contributed by atoms with E-state index in [0.717, 1.165) is 38.0 Å². The van der Waals surface area contributed by atoms with Crippen molar-refractivity contribution in [3.05, 3.63) is 71.5 Å². The van der Waals surface area contributed by atoms with Gasteiger partial charge in [-0.2, -0.15) is 4.68 Å². The van der Waals surface area contributed by atoms with Crippen molar-refractivity contribution in [2.24, 2.45) is 5.92 Å². The summed E-state index contributed by atoms with van der Waals surface area (Å²) in [5, 5.41) is 9.75. The standard InChI is InChI=1S/C24H23ClN6OS/c25-19-7-4-8-20(14-19)31-23-22(28-29-31)24(27-16-26-23)33-15-21(32)30-11-9-18(10-12-30)13-17-5-2-1-3-6-17/h1-8,14,16,18H,9-13,15H2. The van der Waals surface area contributed by atoms with Gasteiger partial charge < -0.3 is 4.90 Å². The first-order valence-electron chi connectivity index (χ1n) is 10.9.